The summed E-state index contributed by atoms with van der Waals surface area (Å²) in [5.41, 5.74) is 5.37. The van der Waals surface area contributed by atoms with E-state index in [9.17, 15) is 13.2 Å². The number of anilines is 3. The summed E-state index contributed by atoms with van der Waals surface area (Å²) in [6.07, 6.45) is 5.38. The summed E-state index contributed by atoms with van der Waals surface area (Å²) in [4.78, 5) is 27.4. The Morgan fingerprint density at radius 2 is 1.68 bits per heavy atom. The first-order valence-corrected chi connectivity index (χ1v) is 21.9. The van der Waals surface area contributed by atoms with Crippen molar-refractivity contribution in [2.75, 3.05) is 68.5 Å². The monoisotopic (exact) mass is 858 g/mol. The molecule has 3 aromatic heterocycles. The van der Waals surface area contributed by atoms with Crippen LogP contribution in [0.25, 0.3) is 16.6 Å². The van der Waals surface area contributed by atoms with E-state index in [2.05, 4.69) is 56.6 Å². The number of aromatic nitrogens is 5. The van der Waals surface area contributed by atoms with Gasteiger partial charge in [-0.3, -0.25) is 9.52 Å². The van der Waals surface area contributed by atoms with Crippen molar-refractivity contribution >= 4 is 61.4 Å². The van der Waals surface area contributed by atoms with Gasteiger partial charge in [0.1, 0.15) is 12.7 Å². The molecular formula is C42H51ClN10O6S. The first-order valence-electron chi connectivity index (χ1n) is 20.0. The number of benzene rings is 3. The third-order valence-corrected chi connectivity index (χ3v) is 11.8. The van der Waals surface area contributed by atoms with Gasteiger partial charge in [-0.2, -0.15) is 19.6 Å². The van der Waals surface area contributed by atoms with Crippen molar-refractivity contribution in [3.05, 3.63) is 101 Å². The number of carbonyl (C=O) groups excluding carboxylic acids is 1. The Hall–Kier alpha value is -5.30. The zero-order valence-corrected chi connectivity index (χ0v) is 35.5. The predicted octanol–water partition coefficient (Wildman–Crippen LogP) is 6.03. The minimum Gasteiger partial charge on any atom is -0.460 e. The number of amides is 1. The van der Waals surface area contributed by atoms with E-state index in [4.69, 9.17) is 35.8 Å². The summed E-state index contributed by atoms with van der Waals surface area (Å²) in [6.45, 7) is 8.72. The molecule has 1 aliphatic heterocycles. The van der Waals surface area contributed by atoms with E-state index in [1.807, 2.05) is 36.5 Å². The van der Waals surface area contributed by atoms with Gasteiger partial charge in [0, 0.05) is 55.6 Å². The maximum absolute atomic E-state index is 13.0. The number of nitrogens with one attached hydrogen (secondary N) is 5. The Labute approximate surface area is 354 Å². The number of aromatic amines is 1. The lowest BCUT2D eigenvalue weighted by Gasteiger charge is -2.28. The Kier molecular flexibility index (Phi) is 14.2. The van der Waals surface area contributed by atoms with Gasteiger partial charge in [-0.15, -0.1) is 0 Å². The summed E-state index contributed by atoms with van der Waals surface area (Å²) in [5, 5.41) is 15.4. The molecule has 18 heteroatoms. The number of hydrogen-bond acceptors (Lipinski definition) is 12. The Morgan fingerprint density at radius 3 is 2.45 bits per heavy atom. The molecule has 0 atom stereocenters. The van der Waals surface area contributed by atoms with Crippen molar-refractivity contribution in [3.8, 4) is 6.01 Å². The first-order chi connectivity index (χ1) is 29.0. The van der Waals surface area contributed by atoms with Crippen LogP contribution in [0.5, 0.6) is 6.01 Å². The van der Waals surface area contributed by atoms with Crippen molar-refractivity contribution in [1.82, 2.24) is 34.8 Å². The second-order valence-electron chi connectivity index (χ2n) is 15.0. The van der Waals surface area contributed by atoms with E-state index in [0.29, 0.717) is 66.7 Å². The molecule has 0 spiro atoms. The number of piperidine rings is 1. The number of rotatable bonds is 20. The highest BCUT2D eigenvalue weighted by atomic mass is 35.5. The zero-order chi connectivity index (χ0) is 42.1. The lowest BCUT2D eigenvalue weighted by Crippen LogP contribution is -2.36. The number of H-pyrrole nitrogens is 1. The van der Waals surface area contributed by atoms with Crippen LogP contribution in [-0.2, 0) is 37.4 Å². The van der Waals surface area contributed by atoms with Crippen LogP contribution < -0.4 is 25.4 Å². The fourth-order valence-corrected chi connectivity index (χ4v) is 8.03. The van der Waals surface area contributed by atoms with Crippen molar-refractivity contribution in [3.63, 3.8) is 0 Å². The number of nitrogens with zero attached hydrogens (tertiary/aromatic N) is 5. The largest absolute Gasteiger partial charge is 0.460 e. The molecule has 0 unspecified atom stereocenters. The molecule has 4 heterocycles. The molecule has 1 amide bonds. The van der Waals surface area contributed by atoms with Gasteiger partial charge in [0.15, 0.2) is 5.65 Å². The number of sulfonamides is 1. The highest BCUT2D eigenvalue weighted by Gasteiger charge is 2.22. The van der Waals surface area contributed by atoms with Gasteiger partial charge < -0.3 is 40.0 Å². The smallest absolute Gasteiger partial charge is 0.322 e. The van der Waals surface area contributed by atoms with Crippen LogP contribution in [0, 0.1) is 0 Å². The molecule has 0 radical (unpaired) electrons. The van der Waals surface area contributed by atoms with E-state index in [1.165, 1.54) is 0 Å². The third-order valence-electron chi connectivity index (χ3n) is 10.1. The molecule has 1 saturated heterocycles. The minimum atomic E-state index is -3.80. The van der Waals surface area contributed by atoms with Crippen LogP contribution in [0.4, 0.5) is 17.3 Å². The third kappa shape index (κ3) is 11.1. The van der Waals surface area contributed by atoms with Gasteiger partial charge in [-0.05, 0) is 67.3 Å². The summed E-state index contributed by atoms with van der Waals surface area (Å²) in [5.74, 6) is 0.521. The first kappa shape index (κ1) is 42.8. The van der Waals surface area contributed by atoms with Gasteiger partial charge in [0.05, 0.1) is 47.1 Å². The second-order valence-corrected chi connectivity index (χ2v) is 17.1. The number of likely N-dealkylation sites (tertiary alicyclic amines) is 1. The van der Waals surface area contributed by atoms with E-state index >= 15 is 0 Å². The molecule has 6 aromatic rings. The number of ether oxygens (including phenoxy) is 3. The molecule has 0 bridgehead atoms. The molecule has 0 aliphatic carbocycles. The number of hydrogen-bond donors (Lipinski definition) is 5. The number of carbonyl (C=O) groups is 1. The summed E-state index contributed by atoms with van der Waals surface area (Å²) in [7, 11) is -1.68. The van der Waals surface area contributed by atoms with Gasteiger partial charge >= 0.3 is 6.01 Å². The van der Waals surface area contributed by atoms with Crippen LogP contribution in [0.2, 0.25) is 5.02 Å². The van der Waals surface area contributed by atoms with Crippen molar-refractivity contribution in [2.45, 2.75) is 56.7 Å². The summed E-state index contributed by atoms with van der Waals surface area (Å²) >= 11 is 6.18. The average molecular weight is 859 g/mol. The maximum Gasteiger partial charge on any atom is 0.322 e. The standard InChI is InChI=1S/C42H51ClN10O6S/c1-28(2)35-25-47-53-40(35)49-42(59-32-15-18-52(3)19-16-32)50-41(53)46-24-30-7-11-31(12-8-30)48-38(54)27-58-22-21-57-20-17-44-23-29-9-13-33(14-10-29)60(55,56)51-37-6-4-5-34-36(43)26-45-39(34)37/h4-14,25-26,28,32,44-45,51H,15-24,27H2,1-3H3,(H,48,54)(H,46,49,50). The molecule has 0 saturated carbocycles. The van der Waals surface area contributed by atoms with E-state index in [1.54, 1.807) is 47.1 Å². The zero-order valence-electron chi connectivity index (χ0n) is 33.9. The van der Waals surface area contributed by atoms with Gasteiger partial charge in [0.25, 0.3) is 10.0 Å². The fourth-order valence-electron chi connectivity index (χ4n) is 6.74. The topological polar surface area (TPSA) is 189 Å². The lowest BCUT2D eigenvalue weighted by atomic mass is 10.1. The van der Waals surface area contributed by atoms with Crippen LogP contribution in [0.15, 0.2) is 84.0 Å². The Morgan fingerprint density at radius 1 is 0.950 bits per heavy atom. The molecule has 3 aromatic carbocycles. The average Bonchev–Trinajstić information content (AvgIpc) is 3.85. The molecule has 318 valence electrons. The second kappa shape index (κ2) is 19.8. The number of fused-ring (bicyclic) bond motifs is 2. The SMILES string of the molecule is CC(C)c1cnn2c(NCc3ccc(NC(=O)COCCOCCNCc4ccc(S(=O)(=O)Nc5cccc6c(Cl)c[nH]c56)cc4)cc3)nc(OC3CCN(C)CC3)nc12. The highest BCUT2D eigenvalue weighted by molar-refractivity contribution is 7.92. The van der Waals surface area contributed by atoms with Crippen molar-refractivity contribution in [1.29, 1.82) is 0 Å². The molecule has 5 N–H and O–H groups in total. The lowest BCUT2D eigenvalue weighted by molar-refractivity contribution is -0.121. The van der Waals surface area contributed by atoms with Crippen molar-refractivity contribution in [2.24, 2.45) is 0 Å². The van der Waals surface area contributed by atoms with E-state index < -0.39 is 10.0 Å². The molecule has 16 nitrogen and oxygen atoms in total. The normalized spacial score (nSPS) is 13.9. The van der Waals surface area contributed by atoms with Gasteiger partial charge in [0.2, 0.25) is 11.9 Å². The molecule has 1 fully saturated rings. The molecule has 1 aliphatic rings. The van der Waals surface area contributed by atoms with Gasteiger partial charge in [-0.25, -0.2) is 8.42 Å². The van der Waals surface area contributed by atoms with Crippen molar-refractivity contribution < 1.29 is 27.4 Å². The maximum atomic E-state index is 13.0. The van der Waals surface area contributed by atoms with Gasteiger partial charge in [-0.1, -0.05) is 61.8 Å². The quantitative estimate of drug-likeness (QED) is 0.0562. The van der Waals surface area contributed by atoms with Crippen LogP contribution >= 0.6 is 11.6 Å². The number of para-hydroxylation sites is 1. The minimum absolute atomic E-state index is 0.0710. The van der Waals surface area contributed by atoms with Crippen LogP contribution in [0.3, 0.4) is 0 Å². The summed E-state index contributed by atoms with van der Waals surface area (Å²) < 4.78 is 47.8. The Bertz CT molecular complexity index is 2470. The van der Waals surface area contributed by atoms with E-state index in [0.717, 1.165) is 53.7 Å². The Balaban J connectivity index is 0.774. The fraction of sp³-hybridized carbons (Fsp3) is 0.381. The van der Waals surface area contributed by atoms with Crippen LogP contribution in [0.1, 0.15) is 49.3 Å². The number of halogens is 1. The summed E-state index contributed by atoms with van der Waals surface area (Å²) in [6, 6.07) is 19.8. The van der Waals surface area contributed by atoms with Crippen LogP contribution in [-0.4, -0.2) is 103 Å². The molecule has 7 rings (SSSR count). The highest BCUT2D eigenvalue weighted by Crippen LogP contribution is 2.30. The van der Waals surface area contributed by atoms with E-state index in [-0.39, 0.29) is 36.0 Å². The molecular weight excluding hydrogens is 808 g/mol. The predicted molar refractivity (Wildman–Crippen MR) is 232 cm³/mol. The molecule has 60 heavy (non-hydrogen) atoms.